The zero-order valence-corrected chi connectivity index (χ0v) is 29.9. The Labute approximate surface area is 284 Å². The lowest BCUT2D eigenvalue weighted by atomic mass is 9.71. The molecule has 0 bridgehead atoms. The van der Waals surface area contributed by atoms with E-state index in [9.17, 15) is 43.8 Å². The number of amides is 3. The van der Waals surface area contributed by atoms with Gasteiger partial charge in [0.15, 0.2) is 5.78 Å². The van der Waals surface area contributed by atoms with E-state index in [1.807, 2.05) is 41.5 Å². The van der Waals surface area contributed by atoms with E-state index in [2.05, 4.69) is 21.3 Å². The Kier molecular flexibility index (Phi) is 20.5. The van der Waals surface area contributed by atoms with Gasteiger partial charge in [-0.05, 0) is 75.7 Å². The quantitative estimate of drug-likeness (QED) is 0.0621. The molecule has 14 nitrogen and oxygen atoms in total. The van der Waals surface area contributed by atoms with E-state index in [4.69, 9.17) is 5.11 Å². The Hall–Kier alpha value is -3.55. The predicted molar refractivity (Wildman–Crippen MR) is 180 cm³/mol. The average Bonchev–Trinajstić information content (AvgIpc) is 2.96. The van der Waals surface area contributed by atoms with E-state index in [1.165, 1.54) is 0 Å². The molecule has 0 aromatic carbocycles. The largest absolute Gasteiger partial charge is 0.481 e. The van der Waals surface area contributed by atoms with Crippen LogP contribution in [0.25, 0.3) is 0 Å². The summed E-state index contributed by atoms with van der Waals surface area (Å²) >= 11 is 0. The molecule has 276 valence electrons. The van der Waals surface area contributed by atoms with Crippen LogP contribution in [0.2, 0.25) is 0 Å². The van der Waals surface area contributed by atoms with Crippen molar-refractivity contribution in [3.63, 3.8) is 0 Å². The molecule has 48 heavy (non-hydrogen) atoms. The number of ketones is 1. The highest BCUT2D eigenvalue weighted by molar-refractivity contribution is 5.87. The molecule has 0 spiro atoms. The van der Waals surface area contributed by atoms with Crippen LogP contribution in [0.15, 0.2) is 0 Å². The van der Waals surface area contributed by atoms with Crippen LogP contribution in [0, 0.1) is 16.7 Å². The fourth-order valence-corrected chi connectivity index (χ4v) is 5.86. The minimum Gasteiger partial charge on any atom is -0.481 e. The van der Waals surface area contributed by atoms with Gasteiger partial charge in [0.25, 0.3) is 0 Å². The van der Waals surface area contributed by atoms with E-state index in [0.29, 0.717) is 45.1 Å². The van der Waals surface area contributed by atoms with Gasteiger partial charge < -0.3 is 36.6 Å². The van der Waals surface area contributed by atoms with Gasteiger partial charge in [0.1, 0.15) is 12.1 Å². The maximum absolute atomic E-state index is 12.5. The number of carbonyl (C=O) groups is 7. The van der Waals surface area contributed by atoms with Gasteiger partial charge in [0.05, 0.1) is 6.04 Å². The number of carboxylic acid groups (broad SMARTS) is 3. The number of aliphatic carboxylic acids is 3. The molecule has 7 N–H and O–H groups in total. The lowest BCUT2D eigenvalue weighted by Crippen LogP contribution is -2.44. The Morgan fingerprint density at radius 2 is 1.10 bits per heavy atom. The topological polar surface area (TPSA) is 228 Å². The van der Waals surface area contributed by atoms with Crippen molar-refractivity contribution < 1.29 is 48.9 Å². The number of hydrogen-bond acceptors (Lipinski definition) is 8. The van der Waals surface area contributed by atoms with Crippen LogP contribution in [-0.2, 0) is 33.6 Å². The summed E-state index contributed by atoms with van der Waals surface area (Å²) in [7, 11) is 1.73. The fourth-order valence-electron chi connectivity index (χ4n) is 5.86. The van der Waals surface area contributed by atoms with Crippen LogP contribution in [-0.4, -0.2) is 88.5 Å². The van der Waals surface area contributed by atoms with Crippen molar-refractivity contribution in [2.24, 2.45) is 16.7 Å². The molecule has 3 atom stereocenters. The van der Waals surface area contributed by atoms with E-state index in [0.717, 1.165) is 6.42 Å². The van der Waals surface area contributed by atoms with Crippen LogP contribution >= 0.6 is 0 Å². The van der Waals surface area contributed by atoms with Gasteiger partial charge in [-0.1, -0.05) is 41.5 Å². The summed E-state index contributed by atoms with van der Waals surface area (Å²) in [6.45, 7) is 12.2. The number of nitrogens with one attached hydrogen (secondary N) is 4. The van der Waals surface area contributed by atoms with Crippen molar-refractivity contribution in [2.75, 3.05) is 13.6 Å². The monoisotopic (exact) mass is 684 g/mol. The molecule has 0 aromatic heterocycles. The summed E-state index contributed by atoms with van der Waals surface area (Å²) in [6, 6.07) is -2.93. The van der Waals surface area contributed by atoms with Gasteiger partial charge in [-0.25, -0.2) is 9.59 Å². The van der Waals surface area contributed by atoms with Crippen LogP contribution in [0.1, 0.15) is 125 Å². The Bertz CT molecular complexity index is 1090. The van der Waals surface area contributed by atoms with Crippen LogP contribution < -0.4 is 21.3 Å². The molecule has 0 saturated carbocycles. The maximum Gasteiger partial charge on any atom is 0.326 e. The van der Waals surface area contributed by atoms with Gasteiger partial charge in [-0.3, -0.25) is 24.0 Å². The second-order valence-corrected chi connectivity index (χ2v) is 14.5. The normalized spacial score (nSPS) is 13.7. The van der Waals surface area contributed by atoms with E-state index in [-0.39, 0.29) is 73.0 Å². The van der Waals surface area contributed by atoms with Crippen molar-refractivity contribution in [2.45, 2.75) is 143 Å². The number of unbranched alkanes of at least 4 members (excludes halogenated alkanes) is 1. The second kappa shape index (κ2) is 22.2. The molecule has 0 unspecified atom stereocenters. The number of carboxylic acids is 3. The van der Waals surface area contributed by atoms with E-state index >= 15 is 0 Å². The lowest BCUT2D eigenvalue weighted by molar-refractivity contribution is -0.143. The Morgan fingerprint density at radius 3 is 1.58 bits per heavy atom. The second-order valence-electron chi connectivity index (χ2n) is 14.5. The fraction of sp³-hybridized carbons (Fsp3) is 0.794. The van der Waals surface area contributed by atoms with Gasteiger partial charge in [0.2, 0.25) is 17.7 Å². The molecule has 0 aliphatic rings. The third-order valence-electron chi connectivity index (χ3n) is 8.32. The molecule has 0 saturated heterocycles. The van der Waals surface area contributed by atoms with E-state index in [1.54, 1.807) is 7.05 Å². The molecule has 3 amide bonds. The average molecular weight is 685 g/mol. The van der Waals surface area contributed by atoms with Crippen LogP contribution in [0.3, 0.4) is 0 Å². The lowest BCUT2D eigenvalue weighted by Gasteiger charge is -2.35. The first-order chi connectivity index (χ1) is 22.2. The number of hydrogen-bond donors (Lipinski definition) is 7. The minimum atomic E-state index is -1.35. The molecule has 0 aliphatic carbocycles. The highest BCUT2D eigenvalue weighted by atomic mass is 16.4. The summed E-state index contributed by atoms with van der Waals surface area (Å²) in [6.07, 6.45) is 3.69. The number of Topliss-reactive ketones (excluding diaryl/α,β-unsaturated/α-hetero) is 1. The van der Waals surface area contributed by atoms with Crippen molar-refractivity contribution >= 4 is 41.4 Å². The maximum atomic E-state index is 12.5. The molecule has 0 heterocycles. The van der Waals surface area contributed by atoms with Crippen molar-refractivity contribution in [3.05, 3.63) is 0 Å². The molecular weight excluding hydrogens is 624 g/mol. The summed E-state index contributed by atoms with van der Waals surface area (Å²) < 4.78 is 0. The number of carbonyl (C=O) groups excluding carboxylic acids is 4. The molecule has 0 fully saturated rings. The van der Waals surface area contributed by atoms with Crippen molar-refractivity contribution in [1.29, 1.82) is 0 Å². The van der Waals surface area contributed by atoms with Crippen LogP contribution in [0.5, 0.6) is 0 Å². The summed E-state index contributed by atoms with van der Waals surface area (Å²) in [5.41, 5.74) is -0.362. The third kappa shape index (κ3) is 20.6. The highest BCUT2D eigenvalue weighted by Crippen LogP contribution is 2.40. The van der Waals surface area contributed by atoms with Crippen LogP contribution in [0.4, 0.5) is 0 Å². The third-order valence-corrected chi connectivity index (χ3v) is 8.32. The Balaban J connectivity index is 4.63. The first kappa shape index (κ1) is 44.5. The highest BCUT2D eigenvalue weighted by Gasteiger charge is 2.30. The van der Waals surface area contributed by atoms with Gasteiger partial charge in [-0.15, -0.1) is 0 Å². The molecule has 0 radical (unpaired) electrons. The first-order valence-corrected chi connectivity index (χ1v) is 16.9. The zero-order chi connectivity index (χ0) is 37.1. The van der Waals surface area contributed by atoms with Crippen molar-refractivity contribution in [3.8, 4) is 0 Å². The van der Waals surface area contributed by atoms with Gasteiger partial charge in [-0.2, -0.15) is 0 Å². The number of likely N-dealkylation sites (N-methyl/N-ethyl adjacent to an activating group) is 1. The Morgan fingerprint density at radius 1 is 0.604 bits per heavy atom. The van der Waals surface area contributed by atoms with E-state index < -0.39 is 41.8 Å². The molecular formula is C34H60N4O10. The van der Waals surface area contributed by atoms with Crippen molar-refractivity contribution in [1.82, 2.24) is 21.3 Å². The first-order valence-electron chi connectivity index (χ1n) is 16.9. The smallest absolute Gasteiger partial charge is 0.326 e. The van der Waals surface area contributed by atoms with Gasteiger partial charge in [0, 0.05) is 38.1 Å². The molecule has 14 heteroatoms. The zero-order valence-electron chi connectivity index (χ0n) is 29.9. The summed E-state index contributed by atoms with van der Waals surface area (Å²) in [4.78, 5) is 83.7. The standard InChI is InChI=1S/C34H60N4O10/c1-22(2)30(44)23(35-7)11-8-9-20-36-26(39)15-13-24(31(45)46)38-28(41)16-14-25(32(47)48)37-27(40)12-10-18-33(3,4)21-34(5,6)19-17-29(42)43/h22-25,35H,8-21H2,1-7H3,(H,36,39)(H,37,40)(H,38,41)(H,42,43)(H,45,46)(H,47,48)/t23-,24-,25-/m0/s1. The van der Waals surface area contributed by atoms with Gasteiger partial charge >= 0.3 is 17.9 Å². The number of rotatable bonds is 27. The summed E-state index contributed by atoms with van der Waals surface area (Å²) in [5.74, 6) is -5.02. The predicted octanol–water partition coefficient (Wildman–Crippen LogP) is 3.26. The SMILES string of the molecule is CN[C@@H](CCCCNC(=O)CC[C@H](NC(=O)CC[C@H](NC(=O)CCCC(C)(C)CC(C)(C)CCC(=O)O)C(=O)O)C(=O)O)C(=O)C(C)C. The molecule has 0 rings (SSSR count). The molecule has 0 aromatic rings. The molecule has 0 aliphatic heterocycles. The summed E-state index contributed by atoms with van der Waals surface area (Å²) in [5, 5.41) is 38.5. The minimum absolute atomic E-state index is 0.0758.